The third-order valence-electron chi connectivity index (χ3n) is 3.77. The Morgan fingerprint density at radius 1 is 1.45 bits per heavy atom. The van der Waals surface area contributed by atoms with E-state index in [1.54, 1.807) is 11.8 Å². The number of urea groups is 1. The molecule has 20 heavy (non-hydrogen) atoms. The van der Waals surface area contributed by atoms with Gasteiger partial charge < -0.3 is 15.3 Å². The molecule has 1 aromatic rings. The zero-order valence-corrected chi connectivity index (χ0v) is 13.0. The van der Waals surface area contributed by atoms with E-state index in [1.807, 2.05) is 25.1 Å². The molecule has 0 bridgehead atoms. The Kier molecular flexibility index (Phi) is 4.32. The van der Waals surface area contributed by atoms with E-state index in [0.29, 0.717) is 13.0 Å². The maximum absolute atomic E-state index is 12.3. The van der Waals surface area contributed by atoms with Crippen LogP contribution in [0.15, 0.2) is 22.7 Å². The van der Waals surface area contributed by atoms with E-state index < -0.39 is 11.9 Å². The van der Waals surface area contributed by atoms with Crippen molar-refractivity contribution in [2.75, 3.05) is 11.9 Å². The number of nitrogens with one attached hydrogen (secondary N) is 1. The topological polar surface area (TPSA) is 69.6 Å². The summed E-state index contributed by atoms with van der Waals surface area (Å²) in [5.74, 6) is -1.32. The van der Waals surface area contributed by atoms with Crippen molar-refractivity contribution in [3.8, 4) is 0 Å². The van der Waals surface area contributed by atoms with Crippen molar-refractivity contribution in [1.29, 1.82) is 0 Å². The van der Waals surface area contributed by atoms with Gasteiger partial charge in [0, 0.05) is 22.7 Å². The molecule has 1 aliphatic heterocycles. The second-order valence-corrected chi connectivity index (χ2v) is 5.97. The van der Waals surface area contributed by atoms with Gasteiger partial charge in [-0.05, 0) is 38.0 Å². The van der Waals surface area contributed by atoms with Crippen molar-refractivity contribution in [2.45, 2.75) is 26.3 Å². The maximum atomic E-state index is 12.3. The third-order valence-corrected chi connectivity index (χ3v) is 4.27. The molecule has 6 heteroatoms. The number of hydrogen-bond acceptors (Lipinski definition) is 2. The Labute approximate surface area is 126 Å². The van der Waals surface area contributed by atoms with E-state index in [9.17, 15) is 9.59 Å². The average Bonchev–Trinajstić information content (AvgIpc) is 2.76. The summed E-state index contributed by atoms with van der Waals surface area (Å²) in [5, 5.41) is 11.9. The normalized spacial score (nSPS) is 21.9. The standard InChI is InChI=1S/C14H17BrN2O3/c1-8-3-4-10(15)7-12(8)16-14(20)17-6-5-11(9(17)2)13(18)19/h3-4,7,9,11H,5-6H2,1-2H3,(H,16,20)(H,18,19). The van der Waals surface area contributed by atoms with Gasteiger partial charge >= 0.3 is 12.0 Å². The van der Waals surface area contributed by atoms with Gasteiger partial charge in [-0.15, -0.1) is 0 Å². The number of rotatable bonds is 2. The Morgan fingerprint density at radius 3 is 2.75 bits per heavy atom. The lowest BCUT2D eigenvalue weighted by Gasteiger charge is -2.24. The molecule has 108 valence electrons. The van der Waals surface area contributed by atoms with E-state index in [1.165, 1.54) is 0 Å². The number of aryl methyl sites for hydroxylation is 1. The van der Waals surface area contributed by atoms with Gasteiger partial charge in [0.1, 0.15) is 0 Å². The molecule has 5 nitrogen and oxygen atoms in total. The average molecular weight is 341 g/mol. The number of carboxylic acid groups (broad SMARTS) is 1. The van der Waals surface area contributed by atoms with Crippen LogP contribution in [0.5, 0.6) is 0 Å². The van der Waals surface area contributed by atoms with Crippen LogP contribution in [-0.2, 0) is 4.79 Å². The van der Waals surface area contributed by atoms with Crippen LogP contribution < -0.4 is 5.32 Å². The number of carboxylic acids is 1. The molecule has 2 amide bonds. The Bertz CT molecular complexity index is 547. The second-order valence-electron chi connectivity index (χ2n) is 5.06. The fourth-order valence-corrected chi connectivity index (χ4v) is 2.83. The monoisotopic (exact) mass is 340 g/mol. The van der Waals surface area contributed by atoms with Crippen LogP contribution in [0.4, 0.5) is 10.5 Å². The highest BCUT2D eigenvalue weighted by Gasteiger charge is 2.38. The molecule has 1 saturated heterocycles. The number of aliphatic carboxylic acids is 1. The lowest BCUT2D eigenvalue weighted by atomic mass is 10.0. The van der Waals surface area contributed by atoms with Crippen molar-refractivity contribution in [2.24, 2.45) is 5.92 Å². The van der Waals surface area contributed by atoms with Gasteiger partial charge in [0.15, 0.2) is 0 Å². The molecule has 0 aliphatic carbocycles. The lowest BCUT2D eigenvalue weighted by Crippen LogP contribution is -2.40. The first-order valence-electron chi connectivity index (χ1n) is 6.46. The number of anilines is 1. The van der Waals surface area contributed by atoms with Crippen molar-refractivity contribution >= 4 is 33.6 Å². The first-order valence-corrected chi connectivity index (χ1v) is 7.26. The Hall–Kier alpha value is -1.56. The summed E-state index contributed by atoms with van der Waals surface area (Å²) in [5.41, 5.74) is 1.69. The second kappa shape index (κ2) is 5.83. The van der Waals surface area contributed by atoms with Crippen LogP contribution in [0.25, 0.3) is 0 Å². The minimum absolute atomic E-state index is 0.248. The van der Waals surface area contributed by atoms with Crippen LogP contribution in [0, 0.1) is 12.8 Å². The number of amides is 2. The van der Waals surface area contributed by atoms with Crippen molar-refractivity contribution < 1.29 is 14.7 Å². The highest BCUT2D eigenvalue weighted by molar-refractivity contribution is 9.10. The quantitative estimate of drug-likeness (QED) is 0.869. The van der Waals surface area contributed by atoms with E-state index in [0.717, 1.165) is 15.7 Å². The molecule has 2 rings (SSSR count). The lowest BCUT2D eigenvalue weighted by molar-refractivity contribution is -0.142. The van der Waals surface area contributed by atoms with Gasteiger partial charge in [-0.2, -0.15) is 0 Å². The minimum Gasteiger partial charge on any atom is -0.481 e. The number of benzene rings is 1. The Balaban J connectivity index is 2.09. The highest BCUT2D eigenvalue weighted by atomic mass is 79.9. The molecule has 1 fully saturated rings. The van der Waals surface area contributed by atoms with Crippen LogP contribution in [-0.4, -0.2) is 34.6 Å². The molecular weight excluding hydrogens is 324 g/mol. The first-order chi connectivity index (χ1) is 9.40. The maximum Gasteiger partial charge on any atom is 0.322 e. The van der Waals surface area contributed by atoms with Crippen molar-refractivity contribution in [1.82, 2.24) is 4.90 Å². The summed E-state index contributed by atoms with van der Waals surface area (Å²) in [7, 11) is 0. The largest absolute Gasteiger partial charge is 0.481 e. The number of hydrogen-bond donors (Lipinski definition) is 2. The van der Waals surface area contributed by atoms with Crippen LogP contribution in [0.3, 0.4) is 0 Å². The summed E-state index contributed by atoms with van der Waals surface area (Å²) < 4.78 is 0.885. The summed E-state index contributed by atoms with van der Waals surface area (Å²) in [6.45, 7) is 4.16. The molecule has 0 saturated carbocycles. The SMILES string of the molecule is Cc1ccc(Br)cc1NC(=O)N1CCC(C(=O)O)C1C. The molecule has 2 N–H and O–H groups in total. The number of carbonyl (C=O) groups is 2. The van der Waals surface area contributed by atoms with Gasteiger partial charge in [-0.25, -0.2) is 4.79 Å². The minimum atomic E-state index is -0.841. The molecule has 0 aromatic heterocycles. The predicted molar refractivity (Wildman–Crippen MR) is 79.8 cm³/mol. The third kappa shape index (κ3) is 2.95. The van der Waals surface area contributed by atoms with E-state index in [4.69, 9.17) is 5.11 Å². The molecule has 0 spiro atoms. The number of halogens is 1. The molecule has 2 unspecified atom stereocenters. The highest BCUT2D eigenvalue weighted by Crippen LogP contribution is 2.26. The van der Waals surface area contributed by atoms with Gasteiger partial charge in [-0.1, -0.05) is 22.0 Å². The number of nitrogens with zero attached hydrogens (tertiary/aromatic N) is 1. The number of carbonyl (C=O) groups excluding carboxylic acids is 1. The summed E-state index contributed by atoms with van der Waals surface area (Å²) >= 11 is 3.37. The van der Waals surface area contributed by atoms with E-state index in [-0.39, 0.29) is 12.1 Å². The molecule has 2 atom stereocenters. The zero-order valence-electron chi connectivity index (χ0n) is 11.4. The smallest absolute Gasteiger partial charge is 0.322 e. The van der Waals surface area contributed by atoms with Crippen molar-refractivity contribution in [3.63, 3.8) is 0 Å². The van der Waals surface area contributed by atoms with Gasteiger partial charge in [-0.3, -0.25) is 4.79 Å². The number of likely N-dealkylation sites (tertiary alicyclic amines) is 1. The summed E-state index contributed by atoms with van der Waals surface area (Å²) in [6.07, 6.45) is 0.501. The molecule has 1 heterocycles. The van der Waals surface area contributed by atoms with Gasteiger partial charge in [0.25, 0.3) is 0 Å². The van der Waals surface area contributed by atoms with Crippen LogP contribution in [0.1, 0.15) is 18.9 Å². The van der Waals surface area contributed by atoms with E-state index >= 15 is 0 Å². The molecule has 1 aliphatic rings. The summed E-state index contributed by atoms with van der Waals surface area (Å²) in [4.78, 5) is 24.9. The molecular formula is C14H17BrN2O3. The molecule has 1 aromatic carbocycles. The van der Waals surface area contributed by atoms with Crippen LogP contribution >= 0.6 is 15.9 Å². The van der Waals surface area contributed by atoms with E-state index in [2.05, 4.69) is 21.2 Å². The summed E-state index contributed by atoms with van der Waals surface area (Å²) in [6, 6.07) is 5.11. The van der Waals surface area contributed by atoms with Crippen molar-refractivity contribution in [3.05, 3.63) is 28.2 Å². The first kappa shape index (κ1) is 14.8. The fraction of sp³-hybridized carbons (Fsp3) is 0.429. The molecule has 0 radical (unpaired) electrons. The Morgan fingerprint density at radius 2 is 2.15 bits per heavy atom. The fourth-order valence-electron chi connectivity index (χ4n) is 2.47. The van der Waals surface area contributed by atoms with Crippen LogP contribution in [0.2, 0.25) is 0 Å². The predicted octanol–water partition coefficient (Wildman–Crippen LogP) is 3.08. The van der Waals surface area contributed by atoms with Gasteiger partial charge in [0.05, 0.1) is 5.92 Å². The zero-order chi connectivity index (χ0) is 14.9. The van der Waals surface area contributed by atoms with Gasteiger partial charge in [0.2, 0.25) is 0 Å².